The van der Waals surface area contributed by atoms with Crippen molar-refractivity contribution in [1.82, 2.24) is 10.3 Å². The monoisotopic (exact) mass is 235 g/mol. The molecule has 0 aliphatic heterocycles. The highest BCUT2D eigenvalue weighted by atomic mass is 16.3. The van der Waals surface area contributed by atoms with Gasteiger partial charge in [0.25, 0.3) is 5.91 Å². The Labute approximate surface area is 100 Å². The highest BCUT2D eigenvalue weighted by molar-refractivity contribution is 5.94. The van der Waals surface area contributed by atoms with Crippen LogP contribution in [0.3, 0.4) is 0 Å². The van der Waals surface area contributed by atoms with Crippen LogP contribution >= 0.6 is 0 Å². The largest absolute Gasteiger partial charge is 0.506 e. The molecule has 17 heavy (non-hydrogen) atoms. The summed E-state index contributed by atoms with van der Waals surface area (Å²) in [6, 6.07) is 1.87. The first-order valence-electron chi connectivity index (χ1n) is 5.85. The van der Waals surface area contributed by atoms with Gasteiger partial charge in [-0.05, 0) is 31.7 Å². The van der Waals surface area contributed by atoms with E-state index in [9.17, 15) is 9.90 Å². The molecule has 0 unspecified atom stereocenters. The number of carbonyl (C=O) groups excluding carboxylic acids is 1. The van der Waals surface area contributed by atoms with Crippen LogP contribution in [0.2, 0.25) is 0 Å². The molecule has 1 aliphatic carbocycles. The lowest BCUT2D eigenvalue weighted by molar-refractivity contribution is 0.0925. The maximum atomic E-state index is 11.9. The number of aromatic hydroxyl groups is 1. The molecule has 0 atom stereocenters. The number of nitrogens with one attached hydrogen (secondary N) is 1. The van der Waals surface area contributed by atoms with Crippen molar-refractivity contribution in [3.63, 3.8) is 0 Å². The van der Waals surface area contributed by atoms with E-state index in [-0.39, 0.29) is 23.7 Å². The minimum absolute atomic E-state index is 0.00307. The Morgan fingerprint density at radius 1 is 1.35 bits per heavy atom. The van der Waals surface area contributed by atoms with E-state index < -0.39 is 0 Å². The summed E-state index contributed by atoms with van der Waals surface area (Å²) in [4.78, 5) is 15.6. The SMILES string of the molecule is N[C@H]1CC[C@H](NC(=O)c2cncc(O)c2)CC1. The molecule has 92 valence electrons. The van der Waals surface area contributed by atoms with Crippen LogP contribution in [0, 0.1) is 0 Å². The summed E-state index contributed by atoms with van der Waals surface area (Å²) >= 11 is 0. The Hall–Kier alpha value is -1.62. The number of rotatable bonds is 2. The molecule has 0 saturated heterocycles. The Bertz CT molecular complexity index is 400. The van der Waals surface area contributed by atoms with Crippen molar-refractivity contribution in [3.8, 4) is 5.75 Å². The average molecular weight is 235 g/mol. The van der Waals surface area contributed by atoms with Crippen molar-refractivity contribution in [1.29, 1.82) is 0 Å². The molecule has 4 N–H and O–H groups in total. The third kappa shape index (κ3) is 3.17. The number of nitrogens with two attached hydrogens (primary N) is 1. The van der Waals surface area contributed by atoms with E-state index in [1.165, 1.54) is 18.5 Å². The molecule has 0 spiro atoms. The predicted molar refractivity (Wildman–Crippen MR) is 63.6 cm³/mol. The number of aromatic nitrogens is 1. The van der Waals surface area contributed by atoms with Crippen LogP contribution in [0.1, 0.15) is 36.0 Å². The van der Waals surface area contributed by atoms with Gasteiger partial charge in [-0.25, -0.2) is 0 Å². The van der Waals surface area contributed by atoms with Gasteiger partial charge in [0.05, 0.1) is 11.8 Å². The van der Waals surface area contributed by atoms with Gasteiger partial charge in [-0.15, -0.1) is 0 Å². The third-order valence-corrected chi connectivity index (χ3v) is 3.09. The van der Waals surface area contributed by atoms with E-state index >= 15 is 0 Å². The fourth-order valence-electron chi connectivity index (χ4n) is 2.08. The molecule has 1 aliphatic rings. The molecule has 1 fully saturated rings. The Morgan fingerprint density at radius 3 is 2.71 bits per heavy atom. The van der Waals surface area contributed by atoms with Gasteiger partial charge < -0.3 is 16.2 Å². The summed E-state index contributed by atoms with van der Waals surface area (Å²) in [5, 5.41) is 12.2. The molecular weight excluding hydrogens is 218 g/mol. The smallest absolute Gasteiger partial charge is 0.253 e. The average Bonchev–Trinajstić information content (AvgIpc) is 2.32. The second kappa shape index (κ2) is 5.14. The van der Waals surface area contributed by atoms with E-state index in [0.717, 1.165) is 25.7 Å². The molecule has 1 heterocycles. The number of hydrogen-bond acceptors (Lipinski definition) is 4. The Balaban J connectivity index is 1.93. The van der Waals surface area contributed by atoms with Crippen molar-refractivity contribution in [2.75, 3.05) is 0 Å². The molecule has 2 rings (SSSR count). The van der Waals surface area contributed by atoms with Crippen molar-refractivity contribution in [2.24, 2.45) is 5.73 Å². The number of carbonyl (C=O) groups is 1. The lowest BCUT2D eigenvalue weighted by Crippen LogP contribution is -2.40. The first-order chi connectivity index (χ1) is 8.15. The topological polar surface area (TPSA) is 88.2 Å². The van der Waals surface area contributed by atoms with Gasteiger partial charge in [-0.3, -0.25) is 9.78 Å². The summed E-state index contributed by atoms with van der Waals surface area (Å²) in [6.45, 7) is 0. The van der Waals surface area contributed by atoms with E-state index in [1.807, 2.05) is 0 Å². The zero-order valence-corrected chi connectivity index (χ0v) is 9.60. The molecular formula is C12H17N3O2. The van der Waals surface area contributed by atoms with Gasteiger partial charge in [0.1, 0.15) is 5.75 Å². The minimum atomic E-state index is -0.186. The molecule has 1 aromatic rings. The fourth-order valence-corrected chi connectivity index (χ4v) is 2.08. The van der Waals surface area contributed by atoms with Crippen LogP contribution in [0.5, 0.6) is 5.75 Å². The number of amides is 1. The van der Waals surface area contributed by atoms with Crippen molar-refractivity contribution in [2.45, 2.75) is 37.8 Å². The quantitative estimate of drug-likeness (QED) is 0.707. The summed E-state index contributed by atoms with van der Waals surface area (Å²) in [6.07, 6.45) is 6.48. The first-order valence-corrected chi connectivity index (χ1v) is 5.85. The maximum absolute atomic E-state index is 11.9. The lowest BCUT2D eigenvalue weighted by atomic mass is 9.92. The van der Waals surface area contributed by atoms with Crippen LogP contribution in [0.4, 0.5) is 0 Å². The summed E-state index contributed by atoms with van der Waals surface area (Å²) < 4.78 is 0. The summed E-state index contributed by atoms with van der Waals surface area (Å²) in [5.41, 5.74) is 6.19. The predicted octanol–water partition coefficient (Wildman–Crippen LogP) is 0.787. The van der Waals surface area contributed by atoms with E-state index in [0.29, 0.717) is 5.56 Å². The van der Waals surface area contributed by atoms with E-state index in [1.54, 1.807) is 0 Å². The minimum Gasteiger partial charge on any atom is -0.506 e. The highest BCUT2D eigenvalue weighted by Crippen LogP contribution is 2.17. The van der Waals surface area contributed by atoms with Gasteiger partial charge in [0.2, 0.25) is 0 Å². The van der Waals surface area contributed by atoms with Gasteiger partial charge >= 0.3 is 0 Å². The van der Waals surface area contributed by atoms with Crippen LogP contribution in [0.15, 0.2) is 18.5 Å². The maximum Gasteiger partial charge on any atom is 0.253 e. The number of nitrogens with zero attached hydrogens (tertiary/aromatic N) is 1. The van der Waals surface area contributed by atoms with Gasteiger partial charge in [0, 0.05) is 18.3 Å². The van der Waals surface area contributed by atoms with Gasteiger partial charge in [0.15, 0.2) is 0 Å². The summed E-state index contributed by atoms with van der Waals surface area (Å²) in [5.74, 6) is -0.183. The lowest BCUT2D eigenvalue weighted by Gasteiger charge is -2.26. The number of hydrogen-bond donors (Lipinski definition) is 3. The summed E-state index contributed by atoms with van der Waals surface area (Å²) in [7, 11) is 0. The van der Waals surface area contributed by atoms with Crippen molar-refractivity contribution >= 4 is 5.91 Å². The molecule has 0 radical (unpaired) electrons. The standard InChI is InChI=1S/C12H17N3O2/c13-9-1-3-10(4-2-9)15-12(17)8-5-11(16)7-14-6-8/h5-7,9-10,16H,1-4,13H2,(H,15,17)/t9-,10-. The molecule has 1 aromatic heterocycles. The normalized spacial score (nSPS) is 24.3. The Kier molecular flexibility index (Phi) is 3.58. The van der Waals surface area contributed by atoms with Crippen LogP contribution in [-0.4, -0.2) is 28.1 Å². The molecule has 5 nitrogen and oxygen atoms in total. The van der Waals surface area contributed by atoms with E-state index in [4.69, 9.17) is 5.73 Å². The number of pyridine rings is 1. The molecule has 5 heteroatoms. The second-order valence-corrected chi connectivity index (χ2v) is 4.52. The fraction of sp³-hybridized carbons (Fsp3) is 0.500. The van der Waals surface area contributed by atoms with Gasteiger partial charge in [-0.2, -0.15) is 0 Å². The zero-order valence-electron chi connectivity index (χ0n) is 9.60. The molecule has 0 bridgehead atoms. The molecule has 1 amide bonds. The molecule has 0 aromatic carbocycles. The van der Waals surface area contributed by atoms with Gasteiger partial charge in [-0.1, -0.05) is 0 Å². The van der Waals surface area contributed by atoms with Crippen LogP contribution < -0.4 is 11.1 Å². The van der Waals surface area contributed by atoms with Crippen molar-refractivity contribution in [3.05, 3.63) is 24.0 Å². The second-order valence-electron chi connectivity index (χ2n) is 4.52. The zero-order chi connectivity index (χ0) is 12.3. The van der Waals surface area contributed by atoms with Crippen LogP contribution in [0.25, 0.3) is 0 Å². The Morgan fingerprint density at radius 2 is 2.06 bits per heavy atom. The molecule has 1 saturated carbocycles. The third-order valence-electron chi connectivity index (χ3n) is 3.09. The van der Waals surface area contributed by atoms with Crippen LogP contribution in [-0.2, 0) is 0 Å². The van der Waals surface area contributed by atoms with E-state index in [2.05, 4.69) is 10.3 Å². The first kappa shape index (κ1) is 11.9. The highest BCUT2D eigenvalue weighted by Gasteiger charge is 2.20. The van der Waals surface area contributed by atoms with Crippen molar-refractivity contribution < 1.29 is 9.90 Å².